The van der Waals surface area contributed by atoms with Crippen LogP contribution in [-0.4, -0.2) is 22.6 Å². The molecule has 0 aliphatic carbocycles. The second-order valence-corrected chi connectivity index (χ2v) is 8.04. The lowest BCUT2D eigenvalue weighted by atomic mass is 10.1. The van der Waals surface area contributed by atoms with E-state index in [0.717, 1.165) is 33.7 Å². The highest BCUT2D eigenvalue weighted by Gasteiger charge is 2.14. The van der Waals surface area contributed by atoms with Crippen molar-refractivity contribution in [1.82, 2.24) is 9.55 Å². The monoisotopic (exact) mass is 419 g/mol. The van der Waals surface area contributed by atoms with Gasteiger partial charge in [-0.25, -0.2) is 4.98 Å². The van der Waals surface area contributed by atoms with Gasteiger partial charge in [-0.2, -0.15) is 0 Å². The number of hydrogen-bond donors (Lipinski definition) is 1. The number of nitrogens with one attached hydrogen (secondary N) is 1. The molecule has 4 rings (SSSR count). The molecule has 0 atom stereocenters. The fourth-order valence-corrected chi connectivity index (χ4v) is 4.41. The predicted molar refractivity (Wildman–Crippen MR) is 120 cm³/mol. The Balaban J connectivity index is 1.59. The lowest BCUT2D eigenvalue weighted by Crippen LogP contribution is -2.27. The van der Waals surface area contributed by atoms with Gasteiger partial charge < -0.3 is 10.1 Å². The Morgan fingerprint density at radius 3 is 2.50 bits per heavy atom. The smallest absolute Gasteiger partial charge is 0.271 e. The molecule has 4 aromatic rings. The van der Waals surface area contributed by atoms with E-state index in [0.29, 0.717) is 10.2 Å². The molecule has 1 N–H and O–H groups in total. The minimum Gasteiger partial charge on any atom is -0.497 e. The summed E-state index contributed by atoms with van der Waals surface area (Å²) in [7, 11) is 1.62. The summed E-state index contributed by atoms with van der Waals surface area (Å²) in [6.45, 7) is 3.86. The summed E-state index contributed by atoms with van der Waals surface area (Å²) in [5, 5.41) is 4.77. The highest BCUT2D eigenvalue weighted by molar-refractivity contribution is 7.17. The third kappa shape index (κ3) is 3.97. The molecule has 0 spiro atoms. The molecule has 0 fully saturated rings. The number of benzene rings is 2. The van der Waals surface area contributed by atoms with E-state index in [1.165, 1.54) is 22.2 Å². The largest absolute Gasteiger partial charge is 0.497 e. The molecular weight excluding hydrogens is 398 g/mol. The van der Waals surface area contributed by atoms with Gasteiger partial charge in [0.15, 0.2) is 0 Å². The van der Waals surface area contributed by atoms with E-state index in [1.54, 1.807) is 7.11 Å². The zero-order valence-corrected chi connectivity index (χ0v) is 17.7. The highest BCUT2D eigenvalue weighted by atomic mass is 32.1. The fraction of sp³-hybridized carbons (Fsp3) is 0.174. The van der Waals surface area contributed by atoms with Crippen LogP contribution >= 0.6 is 11.3 Å². The van der Waals surface area contributed by atoms with Crippen molar-refractivity contribution in [2.45, 2.75) is 20.4 Å². The highest BCUT2D eigenvalue weighted by Crippen LogP contribution is 2.31. The number of thiophene rings is 1. The van der Waals surface area contributed by atoms with Gasteiger partial charge in [0.1, 0.15) is 17.0 Å². The van der Waals surface area contributed by atoms with Crippen molar-refractivity contribution in [1.29, 1.82) is 0 Å². The molecule has 0 unspecified atom stereocenters. The van der Waals surface area contributed by atoms with Crippen LogP contribution in [0.2, 0.25) is 0 Å². The lowest BCUT2D eigenvalue weighted by Gasteiger charge is -2.09. The molecule has 0 radical (unpaired) electrons. The minimum atomic E-state index is -0.268. The summed E-state index contributed by atoms with van der Waals surface area (Å²) in [6, 6.07) is 13.4. The summed E-state index contributed by atoms with van der Waals surface area (Å²) < 4.78 is 7.07. The SMILES string of the molecule is COc1ccc(-c2csc3c(=O)n(CC(=O)Nc4cc(C)cc(C)c4)cnc23)cc1. The maximum absolute atomic E-state index is 12.9. The van der Waals surface area contributed by atoms with Crippen LogP contribution < -0.4 is 15.6 Å². The number of hydrogen-bond acceptors (Lipinski definition) is 5. The summed E-state index contributed by atoms with van der Waals surface area (Å²) in [4.78, 5) is 29.8. The van der Waals surface area contributed by atoms with Crippen molar-refractivity contribution in [3.63, 3.8) is 0 Å². The van der Waals surface area contributed by atoms with Gasteiger partial charge in [-0.1, -0.05) is 18.2 Å². The van der Waals surface area contributed by atoms with Crippen LogP contribution in [-0.2, 0) is 11.3 Å². The van der Waals surface area contributed by atoms with Crippen molar-refractivity contribution in [3.8, 4) is 16.9 Å². The van der Waals surface area contributed by atoms with Crippen molar-refractivity contribution in [3.05, 3.63) is 75.7 Å². The lowest BCUT2D eigenvalue weighted by molar-refractivity contribution is -0.116. The molecule has 2 heterocycles. The molecule has 0 saturated heterocycles. The standard InChI is InChI=1S/C23H21N3O3S/c1-14-8-15(2)10-17(9-14)25-20(27)11-26-13-24-21-19(12-30-22(21)23(26)28)16-4-6-18(29-3)7-5-16/h4-10,12-13H,11H2,1-3H3,(H,25,27). The van der Waals surface area contributed by atoms with Gasteiger partial charge in [0.05, 0.1) is 19.0 Å². The second kappa shape index (κ2) is 8.12. The van der Waals surface area contributed by atoms with Gasteiger partial charge in [0.2, 0.25) is 5.91 Å². The Morgan fingerprint density at radius 1 is 1.13 bits per heavy atom. The molecule has 0 saturated carbocycles. The first-order chi connectivity index (χ1) is 14.4. The maximum atomic E-state index is 12.9. The molecule has 1 amide bonds. The van der Waals surface area contributed by atoms with Crippen LogP contribution in [0.1, 0.15) is 11.1 Å². The van der Waals surface area contributed by atoms with E-state index in [9.17, 15) is 9.59 Å². The Morgan fingerprint density at radius 2 is 1.83 bits per heavy atom. The van der Waals surface area contributed by atoms with Crippen LogP contribution in [0.4, 0.5) is 5.69 Å². The van der Waals surface area contributed by atoms with Crippen molar-refractivity contribution in [2.24, 2.45) is 0 Å². The number of fused-ring (bicyclic) bond motifs is 1. The molecule has 0 aliphatic heterocycles. The van der Waals surface area contributed by atoms with Crippen molar-refractivity contribution < 1.29 is 9.53 Å². The number of nitrogens with zero attached hydrogens (tertiary/aromatic N) is 2. The van der Waals surface area contributed by atoms with Gasteiger partial charge in [-0.15, -0.1) is 11.3 Å². The molecule has 0 bridgehead atoms. The number of anilines is 1. The quantitative estimate of drug-likeness (QED) is 0.521. The van der Waals surface area contributed by atoms with Crippen LogP contribution in [0.15, 0.2) is 59.0 Å². The Bertz CT molecular complexity index is 1270. The van der Waals surface area contributed by atoms with Gasteiger partial charge in [0.25, 0.3) is 5.56 Å². The van der Waals surface area contributed by atoms with Crippen LogP contribution in [0, 0.1) is 13.8 Å². The predicted octanol–water partition coefficient (Wildman–Crippen LogP) is 4.39. The second-order valence-electron chi connectivity index (χ2n) is 7.16. The average molecular weight is 420 g/mol. The summed E-state index contributed by atoms with van der Waals surface area (Å²) in [6.07, 6.45) is 1.44. The summed E-state index contributed by atoms with van der Waals surface area (Å²) in [5.41, 5.74) is 5.12. The molecule has 152 valence electrons. The Kier molecular flexibility index (Phi) is 5.37. The molecule has 7 heteroatoms. The topological polar surface area (TPSA) is 73.2 Å². The maximum Gasteiger partial charge on any atom is 0.271 e. The van der Waals surface area contributed by atoms with E-state index >= 15 is 0 Å². The summed E-state index contributed by atoms with van der Waals surface area (Å²) >= 11 is 1.34. The van der Waals surface area contributed by atoms with E-state index < -0.39 is 0 Å². The molecule has 0 aliphatic rings. The first-order valence-electron chi connectivity index (χ1n) is 9.44. The van der Waals surface area contributed by atoms with E-state index in [1.807, 2.05) is 61.7 Å². The number of aromatic nitrogens is 2. The fourth-order valence-electron chi connectivity index (χ4n) is 3.43. The molecular formula is C23H21N3O3S. The number of amides is 1. The number of carbonyl (C=O) groups is 1. The van der Waals surface area contributed by atoms with Gasteiger partial charge in [-0.05, 0) is 54.8 Å². The first kappa shape index (κ1) is 19.8. The van der Waals surface area contributed by atoms with Crippen molar-refractivity contribution >= 4 is 33.1 Å². The molecule has 2 aromatic heterocycles. The van der Waals surface area contributed by atoms with Gasteiger partial charge in [0, 0.05) is 16.6 Å². The Labute approximate surface area is 177 Å². The molecule has 2 aromatic carbocycles. The van der Waals surface area contributed by atoms with Crippen LogP contribution in [0.5, 0.6) is 5.75 Å². The molecule has 6 nitrogen and oxygen atoms in total. The van der Waals surface area contributed by atoms with Crippen molar-refractivity contribution in [2.75, 3.05) is 12.4 Å². The summed E-state index contributed by atoms with van der Waals surface area (Å²) in [5.74, 6) is 0.499. The number of methoxy groups -OCH3 is 1. The van der Waals surface area contributed by atoms with Crippen LogP contribution in [0.3, 0.4) is 0 Å². The number of ether oxygens (including phenoxy) is 1. The average Bonchev–Trinajstić information content (AvgIpc) is 3.14. The third-order valence-corrected chi connectivity index (χ3v) is 5.72. The number of aryl methyl sites for hydroxylation is 2. The first-order valence-corrected chi connectivity index (χ1v) is 10.3. The third-order valence-electron chi connectivity index (χ3n) is 4.77. The number of rotatable bonds is 5. The van der Waals surface area contributed by atoms with E-state index in [-0.39, 0.29) is 18.0 Å². The van der Waals surface area contributed by atoms with Gasteiger partial charge >= 0.3 is 0 Å². The van der Waals surface area contributed by atoms with E-state index in [4.69, 9.17) is 4.74 Å². The normalized spacial score (nSPS) is 10.9. The number of carbonyl (C=O) groups excluding carboxylic acids is 1. The zero-order valence-electron chi connectivity index (χ0n) is 16.9. The zero-order chi connectivity index (χ0) is 21.3. The van der Waals surface area contributed by atoms with E-state index in [2.05, 4.69) is 10.3 Å². The molecule has 30 heavy (non-hydrogen) atoms. The Hall–Kier alpha value is -3.45. The van der Waals surface area contributed by atoms with Crippen LogP contribution in [0.25, 0.3) is 21.3 Å². The van der Waals surface area contributed by atoms with Gasteiger partial charge in [-0.3, -0.25) is 14.2 Å². The minimum absolute atomic E-state index is 0.0927.